The Morgan fingerprint density at radius 2 is 1.97 bits per heavy atom. The van der Waals surface area contributed by atoms with Crippen molar-refractivity contribution in [2.75, 3.05) is 19.7 Å². The number of rotatable bonds is 3. The van der Waals surface area contributed by atoms with Gasteiger partial charge in [0.1, 0.15) is 18.2 Å². The van der Waals surface area contributed by atoms with Crippen LogP contribution in [-0.2, 0) is 5.54 Å². The van der Waals surface area contributed by atoms with Gasteiger partial charge in [0.05, 0.1) is 12.1 Å². The highest BCUT2D eigenvalue weighted by Crippen LogP contribution is 2.39. The van der Waals surface area contributed by atoms with Crippen molar-refractivity contribution < 1.29 is 4.74 Å². The van der Waals surface area contributed by atoms with Crippen molar-refractivity contribution in [1.29, 1.82) is 0 Å². The maximum atomic E-state index is 6.04. The molecule has 0 spiro atoms. The van der Waals surface area contributed by atoms with Crippen LogP contribution in [0.5, 0.6) is 5.75 Å². The standard InChI is InChI=1S/C24H26N4O/c1-15-18-7-8-25-13-16(18)11-20-19-12-17(29-14-22-26-9-10-27-22)5-6-21(19)28(23(15)20)24(2,3)4/h5-8,11-13H,9-10,14H2,1-4H3,(H,26,27). The van der Waals surface area contributed by atoms with Gasteiger partial charge in [-0.1, -0.05) is 0 Å². The number of aromatic nitrogens is 2. The second-order valence-electron chi connectivity index (χ2n) is 8.72. The van der Waals surface area contributed by atoms with Crippen molar-refractivity contribution in [1.82, 2.24) is 14.9 Å². The first-order chi connectivity index (χ1) is 13.9. The summed E-state index contributed by atoms with van der Waals surface area (Å²) in [6.07, 6.45) is 3.82. The summed E-state index contributed by atoms with van der Waals surface area (Å²) in [5.74, 6) is 1.79. The van der Waals surface area contributed by atoms with E-state index < -0.39 is 0 Å². The molecule has 0 saturated carbocycles. The Hall–Kier alpha value is -3.08. The Kier molecular flexibility index (Phi) is 4.02. The van der Waals surface area contributed by atoms with Gasteiger partial charge in [-0.2, -0.15) is 0 Å². The van der Waals surface area contributed by atoms with Gasteiger partial charge < -0.3 is 14.6 Å². The molecule has 148 valence electrons. The molecule has 0 bridgehead atoms. The zero-order valence-corrected chi connectivity index (χ0v) is 17.4. The normalized spacial score (nSPS) is 14.6. The SMILES string of the molecule is Cc1c2ccncc2cc2c3cc(OCC4=NCCN4)ccc3n(C(C)(C)C)c12. The minimum absolute atomic E-state index is 0.0453. The van der Waals surface area contributed by atoms with E-state index in [0.29, 0.717) is 6.61 Å². The third kappa shape index (κ3) is 2.92. The van der Waals surface area contributed by atoms with Crippen LogP contribution in [0, 0.1) is 6.92 Å². The smallest absolute Gasteiger partial charge is 0.145 e. The van der Waals surface area contributed by atoms with E-state index in [0.717, 1.165) is 24.7 Å². The minimum Gasteiger partial charge on any atom is -0.486 e. The molecule has 5 heteroatoms. The zero-order chi connectivity index (χ0) is 20.2. The summed E-state index contributed by atoms with van der Waals surface area (Å²) in [5.41, 5.74) is 3.75. The Morgan fingerprint density at radius 1 is 1.10 bits per heavy atom. The van der Waals surface area contributed by atoms with E-state index >= 15 is 0 Å². The lowest BCUT2D eigenvalue weighted by atomic mass is 10.0. The molecule has 5 rings (SSSR count). The predicted molar refractivity (Wildman–Crippen MR) is 120 cm³/mol. The molecule has 0 atom stereocenters. The minimum atomic E-state index is -0.0453. The third-order valence-corrected chi connectivity index (χ3v) is 5.68. The number of hydrogen-bond donors (Lipinski definition) is 1. The van der Waals surface area contributed by atoms with Crippen LogP contribution < -0.4 is 10.1 Å². The van der Waals surface area contributed by atoms with Crippen molar-refractivity contribution in [2.24, 2.45) is 4.99 Å². The van der Waals surface area contributed by atoms with Gasteiger partial charge in [-0.05, 0) is 69.0 Å². The van der Waals surface area contributed by atoms with E-state index in [9.17, 15) is 0 Å². The van der Waals surface area contributed by atoms with Gasteiger partial charge in [0, 0.05) is 46.2 Å². The molecule has 0 unspecified atom stereocenters. The highest BCUT2D eigenvalue weighted by atomic mass is 16.5. The molecule has 0 saturated heterocycles. The lowest BCUT2D eigenvalue weighted by Crippen LogP contribution is -2.24. The fourth-order valence-corrected chi connectivity index (χ4v) is 4.44. The van der Waals surface area contributed by atoms with Crippen molar-refractivity contribution in [3.63, 3.8) is 0 Å². The molecule has 1 aliphatic rings. The number of nitrogens with zero attached hydrogens (tertiary/aromatic N) is 3. The molecule has 1 N–H and O–H groups in total. The monoisotopic (exact) mass is 386 g/mol. The zero-order valence-electron chi connectivity index (χ0n) is 17.4. The van der Waals surface area contributed by atoms with Crippen LogP contribution in [0.4, 0.5) is 0 Å². The first kappa shape index (κ1) is 18.0. The maximum absolute atomic E-state index is 6.04. The molecule has 0 amide bonds. The van der Waals surface area contributed by atoms with E-state index in [1.54, 1.807) is 0 Å². The molecule has 0 fully saturated rings. The van der Waals surface area contributed by atoms with Gasteiger partial charge in [-0.25, -0.2) is 0 Å². The lowest BCUT2D eigenvalue weighted by Gasteiger charge is -2.25. The van der Waals surface area contributed by atoms with Crippen molar-refractivity contribution in [3.8, 4) is 5.75 Å². The number of aliphatic imine (C=N–C) groups is 1. The fourth-order valence-electron chi connectivity index (χ4n) is 4.44. The number of pyridine rings is 1. The summed E-state index contributed by atoms with van der Waals surface area (Å²) < 4.78 is 8.50. The van der Waals surface area contributed by atoms with Gasteiger partial charge in [0.25, 0.3) is 0 Å². The quantitative estimate of drug-likeness (QED) is 0.551. The van der Waals surface area contributed by atoms with Crippen LogP contribution in [0.1, 0.15) is 26.3 Å². The molecule has 2 aromatic heterocycles. The molecule has 4 aromatic rings. The molecule has 2 aromatic carbocycles. The maximum Gasteiger partial charge on any atom is 0.145 e. The van der Waals surface area contributed by atoms with Crippen LogP contribution in [0.2, 0.25) is 0 Å². The van der Waals surface area contributed by atoms with E-state index in [4.69, 9.17) is 4.74 Å². The van der Waals surface area contributed by atoms with E-state index in [-0.39, 0.29) is 5.54 Å². The third-order valence-electron chi connectivity index (χ3n) is 5.68. The van der Waals surface area contributed by atoms with Crippen molar-refractivity contribution in [3.05, 3.63) is 48.3 Å². The van der Waals surface area contributed by atoms with Crippen LogP contribution in [0.3, 0.4) is 0 Å². The Morgan fingerprint density at radius 3 is 2.72 bits per heavy atom. The number of nitrogens with one attached hydrogen (secondary N) is 1. The summed E-state index contributed by atoms with van der Waals surface area (Å²) in [6, 6.07) is 10.8. The van der Waals surface area contributed by atoms with Crippen molar-refractivity contribution in [2.45, 2.75) is 33.2 Å². The summed E-state index contributed by atoms with van der Waals surface area (Å²) in [7, 11) is 0. The van der Waals surface area contributed by atoms with Gasteiger partial charge in [-0.3, -0.25) is 9.98 Å². The van der Waals surface area contributed by atoms with E-state index in [2.05, 4.69) is 77.9 Å². The molecule has 5 nitrogen and oxygen atoms in total. The first-order valence-electron chi connectivity index (χ1n) is 10.2. The largest absolute Gasteiger partial charge is 0.486 e. The number of aryl methyl sites for hydroxylation is 1. The fraction of sp³-hybridized carbons (Fsp3) is 0.333. The average molecular weight is 386 g/mol. The Bertz CT molecular complexity index is 1280. The van der Waals surface area contributed by atoms with E-state index in [1.165, 1.54) is 38.1 Å². The van der Waals surface area contributed by atoms with Crippen molar-refractivity contribution >= 4 is 38.4 Å². The van der Waals surface area contributed by atoms with Crippen LogP contribution in [0.25, 0.3) is 32.6 Å². The number of ether oxygens (including phenoxy) is 1. The van der Waals surface area contributed by atoms with Crippen LogP contribution in [0.15, 0.2) is 47.7 Å². The lowest BCUT2D eigenvalue weighted by molar-refractivity contribution is 0.374. The highest BCUT2D eigenvalue weighted by Gasteiger charge is 2.23. The summed E-state index contributed by atoms with van der Waals surface area (Å²) in [4.78, 5) is 8.75. The van der Waals surface area contributed by atoms with Gasteiger partial charge in [0.15, 0.2) is 0 Å². The summed E-state index contributed by atoms with van der Waals surface area (Å²) >= 11 is 0. The molecular weight excluding hydrogens is 360 g/mol. The highest BCUT2D eigenvalue weighted by molar-refractivity contribution is 6.14. The molecule has 1 aliphatic heterocycles. The van der Waals surface area contributed by atoms with Crippen LogP contribution in [-0.4, -0.2) is 35.1 Å². The number of fused-ring (bicyclic) bond motifs is 4. The van der Waals surface area contributed by atoms with Gasteiger partial charge in [-0.15, -0.1) is 0 Å². The average Bonchev–Trinajstić information content (AvgIpc) is 3.32. The van der Waals surface area contributed by atoms with Crippen LogP contribution >= 0.6 is 0 Å². The van der Waals surface area contributed by atoms with Gasteiger partial charge in [0.2, 0.25) is 0 Å². The molecule has 0 aliphatic carbocycles. The topological polar surface area (TPSA) is 51.4 Å². The molecular formula is C24H26N4O. The summed E-state index contributed by atoms with van der Waals surface area (Å²) in [5, 5.41) is 8.14. The van der Waals surface area contributed by atoms with Gasteiger partial charge >= 0.3 is 0 Å². The number of benzene rings is 2. The molecule has 29 heavy (non-hydrogen) atoms. The Labute approximate surface area is 170 Å². The molecule has 3 heterocycles. The van der Waals surface area contributed by atoms with E-state index in [1.807, 2.05) is 12.4 Å². The second-order valence-corrected chi connectivity index (χ2v) is 8.72. The predicted octanol–water partition coefficient (Wildman–Crippen LogP) is 4.79. The number of amidine groups is 1. The Balaban J connectivity index is 1.75. The first-order valence-corrected chi connectivity index (χ1v) is 10.2. The number of hydrogen-bond acceptors (Lipinski definition) is 4. The summed E-state index contributed by atoms with van der Waals surface area (Å²) in [6.45, 7) is 11.2. The molecule has 0 radical (unpaired) electrons. The second kappa shape index (κ2) is 6.48.